The van der Waals surface area contributed by atoms with Gasteiger partial charge < -0.3 is 9.80 Å². The molecule has 1 aliphatic rings. The lowest BCUT2D eigenvalue weighted by atomic mass is 10.1. The third-order valence-corrected chi connectivity index (χ3v) is 7.58. The van der Waals surface area contributed by atoms with Crippen LogP contribution in [-0.4, -0.2) is 68.6 Å². The summed E-state index contributed by atoms with van der Waals surface area (Å²) in [5.74, 6) is 0.510. The third-order valence-electron chi connectivity index (χ3n) is 5.50. The van der Waals surface area contributed by atoms with E-state index in [1.807, 2.05) is 4.90 Å². The topological polar surface area (TPSA) is 108 Å². The zero-order valence-electron chi connectivity index (χ0n) is 18.7. The number of nitrogens with one attached hydrogen (secondary N) is 2. The maximum Gasteiger partial charge on any atom is 0.393 e. The van der Waals surface area contributed by atoms with E-state index in [9.17, 15) is 26.4 Å². The quantitative estimate of drug-likeness (QED) is 0.488. The smallest absolute Gasteiger partial charge is 0.352 e. The maximum absolute atomic E-state index is 12.8. The number of benzene rings is 1. The van der Waals surface area contributed by atoms with E-state index in [1.54, 1.807) is 29.2 Å². The van der Waals surface area contributed by atoms with Gasteiger partial charge in [-0.2, -0.15) is 21.6 Å². The van der Waals surface area contributed by atoms with E-state index in [4.69, 9.17) is 0 Å². The van der Waals surface area contributed by atoms with Crippen molar-refractivity contribution in [2.75, 3.05) is 42.8 Å². The summed E-state index contributed by atoms with van der Waals surface area (Å²) in [6, 6.07) is 8.05. The van der Waals surface area contributed by atoms with Crippen molar-refractivity contribution in [1.29, 1.82) is 0 Å². The first-order valence-electron chi connectivity index (χ1n) is 10.7. The van der Waals surface area contributed by atoms with Crippen LogP contribution >= 0.6 is 11.3 Å². The van der Waals surface area contributed by atoms with Crippen LogP contribution in [0.3, 0.4) is 0 Å². The molecule has 4 rings (SSSR count). The average Bonchev–Trinajstić information content (AvgIpc) is 3.21. The molecule has 0 bridgehead atoms. The van der Waals surface area contributed by atoms with Gasteiger partial charge in [-0.1, -0.05) is 12.1 Å². The van der Waals surface area contributed by atoms with Crippen LogP contribution in [0.15, 0.2) is 36.7 Å². The minimum absolute atomic E-state index is 0.0657. The monoisotopic (exact) mass is 528 g/mol. The lowest BCUT2D eigenvalue weighted by Crippen LogP contribution is -2.49. The van der Waals surface area contributed by atoms with Crippen molar-refractivity contribution >= 4 is 49.2 Å². The molecule has 3 heterocycles. The van der Waals surface area contributed by atoms with Gasteiger partial charge in [0, 0.05) is 43.8 Å². The molecule has 0 unspecified atom stereocenters. The fourth-order valence-electron chi connectivity index (χ4n) is 3.78. The SMILES string of the molecule is CNS(=O)(=O)Nc1ccc(CC(=O)N2CCN(c3ncnc4sc(CC(F)(F)F)cc34)CC2)cc1. The highest BCUT2D eigenvalue weighted by Crippen LogP contribution is 2.34. The second-order valence-corrected chi connectivity index (χ2v) is 10.7. The molecule has 9 nitrogen and oxygen atoms in total. The Bertz CT molecular complexity index is 1300. The summed E-state index contributed by atoms with van der Waals surface area (Å²) in [4.78, 5) is 25.6. The number of fused-ring (bicyclic) bond motifs is 1. The Kier molecular flexibility index (Phi) is 7.15. The van der Waals surface area contributed by atoms with Gasteiger partial charge in [0.25, 0.3) is 10.2 Å². The summed E-state index contributed by atoms with van der Waals surface area (Å²) in [5.41, 5.74) is 1.13. The molecule has 35 heavy (non-hydrogen) atoms. The van der Waals surface area contributed by atoms with Crippen LogP contribution in [0.1, 0.15) is 10.4 Å². The van der Waals surface area contributed by atoms with Crippen LogP contribution in [0.4, 0.5) is 24.7 Å². The first-order chi connectivity index (χ1) is 16.5. The number of amides is 1. The molecule has 1 saturated heterocycles. The van der Waals surface area contributed by atoms with Crippen molar-refractivity contribution in [3.8, 4) is 0 Å². The molecule has 0 atom stereocenters. The van der Waals surface area contributed by atoms with Gasteiger partial charge in [0.05, 0.1) is 18.2 Å². The minimum Gasteiger partial charge on any atom is -0.352 e. The maximum atomic E-state index is 12.8. The van der Waals surface area contributed by atoms with Gasteiger partial charge in [-0.15, -0.1) is 11.3 Å². The zero-order chi connectivity index (χ0) is 25.2. The van der Waals surface area contributed by atoms with Crippen molar-refractivity contribution < 1.29 is 26.4 Å². The predicted molar refractivity (Wildman–Crippen MR) is 128 cm³/mol. The summed E-state index contributed by atoms with van der Waals surface area (Å²) in [7, 11) is -2.31. The van der Waals surface area contributed by atoms with Crippen LogP contribution in [-0.2, 0) is 27.8 Å². The lowest BCUT2D eigenvalue weighted by Gasteiger charge is -2.35. The van der Waals surface area contributed by atoms with Crippen molar-refractivity contribution in [1.82, 2.24) is 19.6 Å². The van der Waals surface area contributed by atoms with E-state index in [-0.39, 0.29) is 17.2 Å². The number of halogens is 3. The van der Waals surface area contributed by atoms with Gasteiger partial charge >= 0.3 is 6.18 Å². The van der Waals surface area contributed by atoms with Crippen molar-refractivity contribution in [3.05, 3.63) is 47.1 Å². The number of thiophene rings is 1. The lowest BCUT2D eigenvalue weighted by molar-refractivity contribution is -0.130. The number of hydrogen-bond acceptors (Lipinski definition) is 7. The van der Waals surface area contributed by atoms with Crippen LogP contribution in [0, 0.1) is 0 Å². The van der Waals surface area contributed by atoms with Gasteiger partial charge in [0.1, 0.15) is 17.0 Å². The molecule has 0 radical (unpaired) electrons. The Labute approximate surface area is 204 Å². The molecule has 0 saturated carbocycles. The average molecular weight is 529 g/mol. The van der Waals surface area contributed by atoms with Gasteiger partial charge in [0.15, 0.2) is 0 Å². The van der Waals surface area contributed by atoms with Crippen molar-refractivity contribution in [2.45, 2.75) is 19.0 Å². The Balaban J connectivity index is 1.36. The van der Waals surface area contributed by atoms with Gasteiger partial charge in [0.2, 0.25) is 5.91 Å². The van der Waals surface area contributed by atoms with Crippen LogP contribution in [0.5, 0.6) is 0 Å². The molecule has 0 spiro atoms. The summed E-state index contributed by atoms with van der Waals surface area (Å²) in [5, 5.41) is 0.588. The van der Waals surface area contributed by atoms with E-state index in [0.29, 0.717) is 47.9 Å². The number of carbonyl (C=O) groups is 1. The van der Waals surface area contributed by atoms with Gasteiger partial charge in [-0.05, 0) is 23.8 Å². The number of anilines is 2. The van der Waals surface area contributed by atoms with Gasteiger partial charge in [-0.25, -0.2) is 14.7 Å². The predicted octanol–water partition coefficient (Wildman–Crippen LogP) is 2.56. The molecule has 3 aromatic rings. The molecule has 1 aliphatic heterocycles. The molecular formula is C21H23F3N6O3S2. The molecule has 14 heteroatoms. The standard InChI is InChI=1S/C21H23F3N6O3S2/c1-25-35(32,33)28-15-4-2-14(3-5-15)10-18(31)29-6-8-30(9-7-29)19-17-11-16(12-21(22,23)24)34-20(17)27-13-26-19/h2-5,11,13,25,28H,6-10,12H2,1H3. The highest BCUT2D eigenvalue weighted by molar-refractivity contribution is 7.90. The third kappa shape index (κ3) is 6.38. The summed E-state index contributed by atoms with van der Waals surface area (Å²) >= 11 is 1.01. The van der Waals surface area contributed by atoms with Crippen molar-refractivity contribution in [3.63, 3.8) is 0 Å². The number of carbonyl (C=O) groups excluding carboxylic acids is 1. The van der Waals surface area contributed by atoms with Crippen LogP contribution < -0.4 is 14.3 Å². The normalized spacial score (nSPS) is 15.0. The summed E-state index contributed by atoms with van der Waals surface area (Å²) < 4.78 is 66.0. The second kappa shape index (κ2) is 9.95. The molecule has 1 fully saturated rings. The van der Waals surface area contributed by atoms with Crippen molar-refractivity contribution in [2.24, 2.45) is 0 Å². The van der Waals surface area contributed by atoms with E-state index in [2.05, 4.69) is 19.4 Å². The molecule has 0 aliphatic carbocycles. The number of nitrogens with zero attached hydrogens (tertiary/aromatic N) is 4. The number of rotatable bonds is 7. The first kappa shape index (κ1) is 25.1. The van der Waals surface area contributed by atoms with E-state index in [1.165, 1.54) is 19.4 Å². The summed E-state index contributed by atoms with van der Waals surface area (Å²) in [6.07, 6.45) is -3.77. The van der Waals surface area contributed by atoms with E-state index < -0.39 is 22.8 Å². The fourth-order valence-corrected chi connectivity index (χ4v) is 5.35. The second-order valence-electron chi connectivity index (χ2n) is 7.97. The number of aromatic nitrogens is 2. The number of alkyl halides is 3. The molecule has 1 amide bonds. The molecule has 1 aromatic carbocycles. The minimum atomic E-state index is -4.29. The Morgan fingerprint density at radius 2 is 1.80 bits per heavy atom. The largest absolute Gasteiger partial charge is 0.393 e. The van der Waals surface area contributed by atoms with E-state index in [0.717, 1.165) is 16.9 Å². The van der Waals surface area contributed by atoms with Crippen LogP contribution in [0.25, 0.3) is 10.2 Å². The number of hydrogen-bond donors (Lipinski definition) is 2. The Hall–Kier alpha value is -2.97. The highest BCUT2D eigenvalue weighted by Gasteiger charge is 2.30. The Morgan fingerprint density at radius 1 is 1.11 bits per heavy atom. The molecule has 2 aromatic heterocycles. The fraction of sp³-hybridized carbons (Fsp3) is 0.381. The number of piperazine rings is 1. The van der Waals surface area contributed by atoms with Crippen LogP contribution in [0.2, 0.25) is 0 Å². The highest BCUT2D eigenvalue weighted by atomic mass is 32.2. The summed E-state index contributed by atoms with van der Waals surface area (Å²) in [6.45, 7) is 1.88. The zero-order valence-corrected chi connectivity index (χ0v) is 20.3. The molecule has 2 N–H and O–H groups in total. The molecule has 188 valence electrons. The molecular weight excluding hydrogens is 505 g/mol. The van der Waals surface area contributed by atoms with Gasteiger partial charge in [-0.3, -0.25) is 9.52 Å². The first-order valence-corrected chi connectivity index (χ1v) is 13.0. The van der Waals surface area contributed by atoms with E-state index >= 15 is 0 Å². The Morgan fingerprint density at radius 3 is 2.43 bits per heavy atom.